The van der Waals surface area contributed by atoms with E-state index in [-0.39, 0.29) is 12.3 Å². The number of methoxy groups -OCH3 is 2. The average Bonchev–Trinajstić information content (AvgIpc) is 2.86. The fraction of sp³-hybridized carbons (Fsp3) is 0.250. The molecule has 122 valence electrons. The first kappa shape index (κ1) is 16.4. The summed E-state index contributed by atoms with van der Waals surface area (Å²) in [7, 11) is 2.99. The minimum atomic E-state index is -0.957. The topological polar surface area (TPSA) is 93.8 Å². The Morgan fingerprint density at radius 2 is 1.96 bits per heavy atom. The normalized spacial score (nSPS) is 10.9. The molecule has 0 spiro atoms. The van der Waals surface area contributed by atoms with Crippen molar-refractivity contribution < 1.29 is 24.5 Å². The SMILES string of the molecule is COc1cc(C=Cc2cnn(CC(=O)O)c2C)c(O)c(OC)c1. The molecule has 0 amide bonds. The molecule has 0 aliphatic heterocycles. The molecule has 7 nitrogen and oxygen atoms in total. The van der Waals surface area contributed by atoms with Crippen LogP contribution >= 0.6 is 0 Å². The number of aromatic hydroxyl groups is 1. The Morgan fingerprint density at radius 3 is 2.57 bits per heavy atom. The van der Waals surface area contributed by atoms with Gasteiger partial charge in [-0.15, -0.1) is 0 Å². The molecule has 0 aliphatic rings. The van der Waals surface area contributed by atoms with Crippen LogP contribution in [0.4, 0.5) is 0 Å². The van der Waals surface area contributed by atoms with E-state index in [1.807, 2.05) is 0 Å². The van der Waals surface area contributed by atoms with Gasteiger partial charge in [-0.25, -0.2) is 0 Å². The summed E-state index contributed by atoms with van der Waals surface area (Å²) in [6.07, 6.45) is 5.01. The average molecular weight is 318 g/mol. The molecule has 0 saturated heterocycles. The predicted molar refractivity (Wildman–Crippen MR) is 84.7 cm³/mol. The number of aliphatic carboxylic acids is 1. The van der Waals surface area contributed by atoms with Crippen LogP contribution in [0.25, 0.3) is 12.2 Å². The minimum absolute atomic E-state index is 0.000121. The third-order valence-electron chi connectivity index (χ3n) is 3.40. The van der Waals surface area contributed by atoms with Crippen LogP contribution in [-0.2, 0) is 11.3 Å². The zero-order valence-corrected chi connectivity index (χ0v) is 13.1. The van der Waals surface area contributed by atoms with Crippen molar-refractivity contribution in [2.24, 2.45) is 0 Å². The fourth-order valence-electron chi connectivity index (χ4n) is 2.10. The van der Waals surface area contributed by atoms with E-state index < -0.39 is 5.97 Å². The lowest BCUT2D eigenvalue weighted by molar-refractivity contribution is -0.137. The van der Waals surface area contributed by atoms with Crippen LogP contribution in [0, 0.1) is 6.92 Å². The molecule has 2 rings (SSSR count). The van der Waals surface area contributed by atoms with E-state index in [9.17, 15) is 9.90 Å². The van der Waals surface area contributed by atoms with Crippen molar-refractivity contribution in [2.75, 3.05) is 14.2 Å². The number of carbonyl (C=O) groups is 1. The molecule has 1 heterocycles. The Morgan fingerprint density at radius 1 is 1.26 bits per heavy atom. The number of hydrogen-bond donors (Lipinski definition) is 2. The highest BCUT2D eigenvalue weighted by molar-refractivity contribution is 5.75. The zero-order chi connectivity index (χ0) is 17.0. The van der Waals surface area contributed by atoms with Crippen LogP contribution in [0.5, 0.6) is 17.2 Å². The van der Waals surface area contributed by atoms with E-state index in [0.29, 0.717) is 17.1 Å². The van der Waals surface area contributed by atoms with E-state index in [1.165, 1.54) is 18.9 Å². The number of phenolic OH excluding ortho intramolecular Hbond substituents is 1. The fourth-order valence-corrected chi connectivity index (χ4v) is 2.10. The van der Waals surface area contributed by atoms with Crippen molar-refractivity contribution in [3.05, 3.63) is 35.2 Å². The second-order valence-corrected chi connectivity index (χ2v) is 4.84. The van der Waals surface area contributed by atoms with Gasteiger partial charge in [0.2, 0.25) is 0 Å². The van der Waals surface area contributed by atoms with Crippen molar-refractivity contribution in [1.29, 1.82) is 0 Å². The van der Waals surface area contributed by atoms with Crippen LogP contribution in [0.1, 0.15) is 16.8 Å². The van der Waals surface area contributed by atoms with E-state index in [0.717, 1.165) is 11.3 Å². The zero-order valence-electron chi connectivity index (χ0n) is 13.1. The van der Waals surface area contributed by atoms with Crippen molar-refractivity contribution in [3.63, 3.8) is 0 Å². The maximum absolute atomic E-state index is 10.8. The van der Waals surface area contributed by atoms with E-state index in [1.54, 1.807) is 37.4 Å². The Labute approximate surface area is 133 Å². The van der Waals surface area contributed by atoms with Crippen LogP contribution < -0.4 is 9.47 Å². The molecule has 0 atom stereocenters. The van der Waals surface area contributed by atoms with E-state index >= 15 is 0 Å². The summed E-state index contributed by atoms with van der Waals surface area (Å²) in [5.41, 5.74) is 2.00. The third kappa shape index (κ3) is 3.63. The van der Waals surface area contributed by atoms with Gasteiger partial charge in [0.1, 0.15) is 12.3 Å². The number of phenols is 1. The second kappa shape index (κ2) is 6.87. The number of benzene rings is 1. The highest BCUT2D eigenvalue weighted by Gasteiger charge is 2.10. The number of carboxylic acid groups (broad SMARTS) is 1. The number of hydrogen-bond acceptors (Lipinski definition) is 5. The highest BCUT2D eigenvalue weighted by Crippen LogP contribution is 2.35. The van der Waals surface area contributed by atoms with Gasteiger partial charge >= 0.3 is 5.97 Å². The summed E-state index contributed by atoms with van der Waals surface area (Å²) in [6, 6.07) is 3.26. The number of rotatable bonds is 6. The second-order valence-electron chi connectivity index (χ2n) is 4.84. The Balaban J connectivity index is 2.33. The molecule has 0 bridgehead atoms. The third-order valence-corrected chi connectivity index (χ3v) is 3.40. The van der Waals surface area contributed by atoms with Crippen LogP contribution in [0.2, 0.25) is 0 Å². The van der Waals surface area contributed by atoms with Gasteiger partial charge in [0, 0.05) is 22.9 Å². The summed E-state index contributed by atoms with van der Waals surface area (Å²) in [4.78, 5) is 10.8. The monoisotopic (exact) mass is 318 g/mol. The lowest BCUT2D eigenvalue weighted by Gasteiger charge is -2.09. The first-order valence-corrected chi connectivity index (χ1v) is 6.83. The molecule has 0 unspecified atom stereocenters. The van der Waals surface area contributed by atoms with Crippen molar-refractivity contribution in [2.45, 2.75) is 13.5 Å². The number of nitrogens with zero attached hydrogens (tertiary/aromatic N) is 2. The lowest BCUT2D eigenvalue weighted by Crippen LogP contribution is -2.11. The summed E-state index contributed by atoms with van der Waals surface area (Å²) in [5, 5.41) is 23.0. The molecular formula is C16H18N2O5. The van der Waals surface area contributed by atoms with E-state index in [2.05, 4.69) is 5.10 Å². The maximum atomic E-state index is 10.8. The summed E-state index contributed by atoms with van der Waals surface area (Å²) < 4.78 is 11.7. The van der Waals surface area contributed by atoms with Gasteiger partial charge in [0.05, 0.1) is 20.4 Å². The van der Waals surface area contributed by atoms with Crippen LogP contribution in [-0.4, -0.2) is 40.2 Å². The number of aromatic nitrogens is 2. The predicted octanol–water partition coefficient (Wildman–Crippen LogP) is 2.17. The Kier molecular flexibility index (Phi) is 4.90. The summed E-state index contributed by atoms with van der Waals surface area (Å²) >= 11 is 0. The molecule has 1 aromatic heterocycles. The van der Waals surface area contributed by atoms with Gasteiger partial charge in [0.15, 0.2) is 11.5 Å². The smallest absolute Gasteiger partial charge is 0.325 e. The molecule has 2 aromatic rings. The standard InChI is InChI=1S/C16H18N2O5/c1-10-12(8-17-18(10)9-15(19)20)5-4-11-6-13(22-2)7-14(23-3)16(11)21/h4-8,21H,9H2,1-3H3,(H,19,20). The van der Waals surface area contributed by atoms with Crippen LogP contribution in [0.3, 0.4) is 0 Å². The summed E-state index contributed by atoms with van der Waals surface area (Å²) in [5.74, 6) is -0.0954. The maximum Gasteiger partial charge on any atom is 0.325 e. The van der Waals surface area contributed by atoms with Gasteiger partial charge in [-0.1, -0.05) is 12.2 Å². The van der Waals surface area contributed by atoms with E-state index in [4.69, 9.17) is 14.6 Å². The summed E-state index contributed by atoms with van der Waals surface area (Å²) in [6.45, 7) is 1.58. The molecule has 0 fully saturated rings. The molecular weight excluding hydrogens is 300 g/mol. The molecule has 0 radical (unpaired) electrons. The van der Waals surface area contributed by atoms with Crippen molar-refractivity contribution in [3.8, 4) is 17.2 Å². The Hall–Kier alpha value is -2.96. The first-order valence-electron chi connectivity index (χ1n) is 6.83. The minimum Gasteiger partial charge on any atom is -0.504 e. The first-order chi connectivity index (χ1) is 11.0. The van der Waals surface area contributed by atoms with Crippen molar-refractivity contribution in [1.82, 2.24) is 9.78 Å². The Bertz CT molecular complexity index is 749. The number of ether oxygens (including phenoxy) is 2. The van der Waals surface area contributed by atoms with Gasteiger partial charge in [-0.05, 0) is 13.0 Å². The van der Waals surface area contributed by atoms with Gasteiger partial charge < -0.3 is 19.7 Å². The van der Waals surface area contributed by atoms with Gasteiger partial charge in [-0.2, -0.15) is 5.10 Å². The molecule has 0 aliphatic carbocycles. The van der Waals surface area contributed by atoms with Crippen molar-refractivity contribution >= 4 is 18.1 Å². The molecule has 2 N–H and O–H groups in total. The van der Waals surface area contributed by atoms with Gasteiger partial charge in [-0.3, -0.25) is 9.48 Å². The highest BCUT2D eigenvalue weighted by atomic mass is 16.5. The lowest BCUT2D eigenvalue weighted by atomic mass is 10.1. The quantitative estimate of drug-likeness (QED) is 0.848. The largest absolute Gasteiger partial charge is 0.504 e. The van der Waals surface area contributed by atoms with Crippen LogP contribution in [0.15, 0.2) is 18.3 Å². The molecule has 1 aromatic carbocycles. The molecule has 23 heavy (non-hydrogen) atoms. The number of carboxylic acids is 1. The molecule has 7 heteroatoms. The molecule has 0 saturated carbocycles. The van der Waals surface area contributed by atoms with Gasteiger partial charge in [0.25, 0.3) is 0 Å².